The van der Waals surface area contributed by atoms with Crippen molar-refractivity contribution in [1.29, 1.82) is 0 Å². The molecule has 1 unspecified atom stereocenters. The van der Waals surface area contributed by atoms with E-state index in [0.717, 1.165) is 30.3 Å². The van der Waals surface area contributed by atoms with Crippen molar-refractivity contribution in [3.05, 3.63) is 23.8 Å². The molecule has 0 radical (unpaired) electrons. The van der Waals surface area contributed by atoms with Crippen molar-refractivity contribution in [3.8, 4) is 11.5 Å². The van der Waals surface area contributed by atoms with E-state index < -0.39 is 0 Å². The molecule has 0 spiro atoms. The van der Waals surface area contributed by atoms with Crippen LogP contribution >= 0.6 is 0 Å². The monoisotopic (exact) mass is 277 g/mol. The molecule has 1 aromatic carbocycles. The Hall–Kier alpha value is -1.22. The van der Waals surface area contributed by atoms with E-state index in [2.05, 4.69) is 13.0 Å². The van der Waals surface area contributed by atoms with Crippen molar-refractivity contribution in [2.75, 3.05) is 14.2 Å². The van der Waals surface area contributed by atoms with Gasteiger partial charge in [-0.15, -0.1) is 0 Å². The van der Waals surface area contributed by atoms with Gasteiger partial charge in [0.1, 0.15) is 0 Å². The summed E-state index contributed by atoms with van der Waals surface area (Å²) in [5.74, 6) is 2.36. The van der Waals surface area contributed by atoms with Gasteiger partial charge in [0.05, 0.1) is 14.2 Å². The molecular formula is C17H27NO2. The summed E-state index contributed by atoms with van der Waals surface area (Å²) in [6.45, 7) is 2.17. The van der Waals surface area contributed by atoms with E-state index in [1.165, 1.54) is 31.2 Å². The molecule has 20 heavy (non-hydrogen) atoms. The minimum absolute atomic E-state index is 0.144. The van der Waals surface area contributed by atoms with Gasteiger partial charge >= 0.3 is 0 Å². The summed E-state index contributed by atoms with van der Waals surface area (Å²) in [6, 6.07) is 6.08. The zero-order chi connectivity index (χ0) is 14.6. The average Bonchev–Trinajstić information content (AvgIpc) is 2.90. The first kappa shape index (κ1) is 15.2. The number of nitrogens with two attached hydrogens (primary N) is 1. The average molecular weight is 277 g/mol. The topological polar surface area (TPSA) is 44.5 Å². The highest BCUT2D eigenvalue weighted by molar-refractivity contribution is 5.43. The predicted octanol–water partition coefficient (Wildman–Crippen LogP) is 3.54. The minimum atomic E-state index is -0.144. The van der Waals surface area contributed by atoms with Crippen LogP contribution in [0.1, 0.15) is 44.6 Å². The molecule has 0 aliphatic heterocycles. The summed E-state index contributed by atoms with van der Waals surface area (Å²) >= 11 is 0. The normalized spacial score (nSPS) is 18.8. The SMILES string of the molecule is COc1ccc(CC(C)(N)CC2CCCC2)cc1OC. The van der Waals surface area contributed by atoms with E-state index in [4.69, 9.17) is 15.2 Å². The summed E-state index contributed by atoms with van der Waals surface area (Å²) < 4.78 is 10.6. The maximum absolute atomic E-state index is 6.52. The molecule has 112 valence electrons. The molecule has 1 aliphatic rings. The molecule has 0 saturated heterocycles. The number of methoxy groups -OCH3 is 2. The van der Waals surface area contributed by atoms with Crippen LogP contribution in [0.2, 0.25) is 0 Å². The molecule has 2 N–H and O–H groups in total. The highest BCUT2D eigenvalue weighted by Gasteiger charge is 2.26. The fourth-order valence-electron chi connectivity index (χ4n) is 3.40. The zero-order valence-electron chi connectivity index (χ0n) is 12.9. The molecule has 0 bridgehead atoms. The number of ether oxygens (including phenoxy) is 2. The second-order valence-electron chi connectivity index (χ2n) is 6.37. The zero-order valence-corrected chi connectivity index (χ0v) is 12.9. The first-order valence-electron chi connectivity index (χ1n) is 7.54. The third-order valence-electron chi connectivity index (χ3n) is 4.29. The van der Waals surface area contributed by atoms with Crippen LogP contribution in [0.5, 0.6) is 11.5 Å². The maximum Gasteiger partial charge on any atom is 0.160 e. The lowest BCUT2D eigenvalue weighted by Crippen LogP contribution is -2.40. The number of rotatable bonds is 6. The van der Waals surface area contributed by atoms with E-state index >= 15 is 0 Å². The largest absolute Gasteiger partial charge is 0.493 e. The minimum Gasteiger partial charge on any atom is -0.493 e. The van der Waals surface area contributed by atoms with Gasteiger partial charge in [0.25, 0.3) is 0 Å². The summed E-state index contributed by atoms with van der Waals surface area (Å²) in [7, 11) is 3.33. The van der Waals surface area contributed by atoms with Gasteiger partial charge in [0.2, 0.25) is 0 Å². The molecule has 1 aliphatic carbocycles. The van der Waals surface area contributed by atoms with Gasteiger partial charge in [-0.1, -0.05) is 31.7 Å². The number of benzene rings is 1. The van der Waals surface area contributed by atoms with Crippen LogP contribution in [0.25, 0.3) is 0 Å². The van der Waals surface area contributed by atoms with Gasteiger partial charge in [-0.25, -0.2) is 0 Å². The summed E-state index contributed by atoms with van der Waals surface area (Å²) in [4.78, 5) is 0. The van der Waals surface area contributed by atoms with E-state index in [1.54, 1.807) is 14.2 Å². The maximum atomic E-state index is 6.52. The van der Waals surface area contributed by atoms with Crippen LogP contribution in [0, 0.1) is 5.92 Å². The van der Waals surface area contributed by atoms with Crippen LogP contribution in [-0.2, 0) is 6.42 Å². The van der Waals surface area contributed by atoms with Gasteiger partial charge < -0.3 is 15.2 Å². The Bertz CT molecular complexity index is 437. The Morgan fingerprint density at radius 2 is 1.80 bits per heavy atom. The number of hydrogen-bond acceptors (Lipinski definition) is 3. The Labute approximate surface area is 122 Å². The predicted molar refractivity (Wildman–Crippen MR) is 82.4 cm³/mol. The van der Waals surface area contributed by atoms with Crippen molar-refractivity contribution < 1.29 is 9.47 Å². The molecule has 2 rings (SSSR count). The standard InChI is InChI=1S/C17H27NO2/c1-17(18,11-13-6-4-5-7-13)12-14-8-9-15(19-2)16(10-14)20-3/h8-10,13H,4-7,11-12,18H2,1-3H3. The van der Waals surface area contributed by atoms with Gasteiger partial charge in [-0.05, 0) is 43.4 Å². The fraction of sp³-hybridized carbons (Fsp3) is 0.647. The summed E-state index contributed by atoms with van der Waals surface area (Å²) in [5, 5.41) is 0. The third-order valence-corrected chi connectivity index (χ3v) is 4.29. The molecule has 1 fully saturated rings. The lowest BCUT2D eigenvalue weighted by atomic mass is 9.84. The second kappa shape index (κ2) is 6.49. The van der Waals surface area contributed by atoms with Gasteiger partial charge in [0, 0.05) is 5.54 Å². The first-order chi connectivity index (χ1) is 9.54. The summed E-state index contributed by atoms with van der Waals surface area (Å²) in [5.41, 5.74) is 7.59. The molecule has 1 atom stereocenters. The Morgan fingerprint density at radius 3 is 2.40 bits per heavy atom. The Morgan fingerprint density at radius 1 is 1.15 bits per heavy atom. The van der Waals surface area contributed by atoms with Crippen LogP contribution in [0.3, 0.4) is 0 Å². The molecule has 0 aromatic heterocycles. The molecule has 0 heterocycles. The Kier molecular flexibility index (Phi) is 4.92. The molecule has 3 heteroatoms. The van der Waals surface area contributed by atoms with E-state index in [1.807, 2.05) is 12.1 Å². The van der Waals surface area contributed by atoms with Crippen molar-refractivity contribution in [1.82, 2.24) is 0 Å². The molecule has 3 nitrogen and oxygen atoms in total. The summed E-state index contributed by atoms with van der Waals surface area (Å²) in [6.07, 6.45) is 7.43. The smallest absolute Gasteiger partial charge is 0.160 e. The van der Waals surface area contributed by atoms with Gasteiger partial charge in [-0.2, -0.15) is 0 Å². The van der Waals surface area contributed by atoms with Crippen LogP contribution in [-0.4, -0.2) is 19.8 Å². The van der Waals surface area contributed by atoms with Crippen molar-refractivity contribution in [2.45, 2.75) is 51.0 Å². The highest BCUT2D eigenvalue weighted by Crippen LogP contribution is 2.33. The quantitative estimate of drug-likeness (QED) is 0.865. The third kappa shape index (κ3) is 3.89. The molecule has 1 aromatic rings. The second-order valence-corrected chi connectivity index (χ2v) is 6.37. The van der Waals surface area contributed by atoms with Crippen molar-refractivity contribution >= 4 is 0 Å². The lowest BCUT2D eigenvalue weighted by Gasteiger charge is -2.28. The van der Waals surface area contributed by atoms with Crippen molar-refractivity contribution in [2.24, 2.45) is 11.7 Å². The molecule has 1 saturated carbocycles. The van der Waals surface area contributed by atoms with E-state index in [9.17, 15) is 0 Å². The van der Waals surface area contributed by atoms with Gasteiger partial charge in [0.15, 0.2) is 11.5 Å². The molecular weight excluding hydrogens is 250 g/mol. The van der Waals surface area contributed by atoms with Crippen LogP contribution < -0.4 is 15.2 Å². The van der Waals surface area contributed by atoms with E-state index in [0.29, 0.717) is 0 Å². The van der Waals surface area contributed by atoms with Crippen LogP contribution in [0.15, 0.2) is 18.2 Å². The van der Waals surface area contributed by atoms with Crippen LogP contribution in [0.4, 0.5) is 0 Å². The Balaban J connectivity index is 2.03. The van der Waals surface area contributed by atoms with E-state index in [-0.39, 0.29) is 5.54 Å². The first-order valence-corrected chi connectivity index (χ1v) is 7.54. The highest BCUT2D eigenvalue weighted by atomic mass is 16.5. The number of hydrogen-bond donors (Lipinski definition) is 1. The van der Waals surface area contributed by atoms with Crippen molar-refractivity contribution in [3.63, 3.8) is 0 Å². The molecule has 0 amide bonds. The fourth-order valence-corrected chi connectivity index (χ4v) is 3.40. The van der Waals surface area contributed by atoms with Gasteiger partial charge in [-0.3, -0.25) is 0 Å². The lowest BCUT2D eigenvalue weighted by molar-refractivity contribution is 0.336.